The number of fused-ring (bicyclic) bond motifs is 3. The molecular weight excluding hydrogens is 236 g/mol. The highest BCUT2D eigenvalue weighted by Crippen LogP contribution is 2.28. The van der Waals surface area contributed by atoms with E-state index in [1.54, 1.807) is 24.6 Å². The Balaban J connectivity index is 2.38. The van der Waals surface area contributed by atoms with E-state index in [2.05, 4.69) is 4.98 Å². The Bertz CT molecular complexity index is 693. The van der Waals surface area contributed by atoms with Crippen molar-refractivity contribution in [3.63, 3.8) is 0 Å². The molecule has 86 valence electrons. The Morgan fingerprint density at radius 1 is 1.41 bits per heavy atom. The summed E-state index contributed by atoms with van der Waals surface area (Å²) in [5.41, 5.74) is 1.58. The monoisotopic (exact) mass is 247 g/mol. The fraction of sp³-hybridized carbons (Fsp3) is 0.167. The molecule has 17 heavy (non-hydrogen) atoms. The molecule has 0 atom stereocenters. The van der Waals surface area contributed by atoms with Crippen molar-refractivity contribution in [3.8, 4) is 0 Å². The van der Waals surface area contributed by atoms with Crippen molar-refractivity contribution in [1.82, 2.24) is 4.98 Å². The van der Waals surface area contributed by atoms with Gasteiger partial charge in [-0.1, -0.05) is 12.1 Å². The van der Waals surface area contributed by atoms with E-state index in [0.29, 0.717) is 6.61 Å². The molecule has 5 heteroatoms. The number of hydrogen-bond donors (Lipinski definition) is 1. The van der Waals surface area contributed by atoms with Gasteiger partial charge in [-0.2, -0.15) is 0 Å². The molecule has 3 rings (SSSR count). The first-order valence-electron chi connectivity index (χ1n) is 5.20. The van der Waals surface area contributed by atoms with Gasteiger partial charge in [0.25, 0.3) is 5.52 Å². The SMILES string of the molecule is COCc1nc2c[n+](O)c3ccccc3c2s1. The number of rotatable bonds is 2. The molecule has 0 radical (unpaired) electrons. The first kappa shape index (κ1) is 10.4. The summed E-state index contributed by atoms with van der Waals surface area (Å²) in [6.45, 7) is 0.499. The number of methoxy groups -OCH3 is 1. The Morgan fingerprint density at radius 2 is 2.24 bits per heavy atom. The van der Waals surface area contributed by atoms with E-state index in [0.717, 1.165) is 30.9 Å². The smallest absolute Gasteiger partial charge is 0.266 e. The lowest BCUT2D eigenvalue weighted by atomic mass is 10.2. The minimum Gasteiger partial charge on any atom is -0.378 e. The summed E-state index contributed by atoms with van der Waals surface area (Å²) in [6, 6.07) is 7.72. The quantitative estimate of drug-likeness (QED) is 0.557. The van der Waals surface area contributed by atoms with Crippen LogP contribution in [0, 0.1) is 0 Å². The molecule has 0 saturated carbocycles. The predicted molar refractivity (Wildman–Crippen MR) is 65.2 cm³/mol. The molecule has 0 bridgehead atoms. The molecule has 0 aliphatic rings. The zero-order chi connectivity index (χ0) is 11.8. The van der Waals surface area contributed by atoms with Gasteiger partial charge in [0.2, 0.25) is 6.20 Å². The number of pyridine rings is 1. The Labute approximate surface area is 102 Å². The van der Waals surface area contributed by atoms with Crippen LogP contribution in [0.2, 0.25) is 0 Å². The fourth-order valence-electron chi connectivity index (χ4n) is 1.89. The minimum absolute atomic E-state index is 0.499. The molecule has 0 amide bonds. The number of ether oxygens (including phenoxy) is 1. The van der Waals surface area contributed by atoms with Crippen LogP contribution in [-0.2, 0) is 11.3 Å². The maximum atomic E-state index is 9.86. The molecule has 0 aliphatic carbocycles. The third-order valence-corrected chi connectivity index (χ3v) is 3.68. The van der Waals surface area contributed by atoms with Gasteiger partial charge in [0.15, 0.2) is 5.52 Å². The summed E-state index contributed by atoms with van der Waals surface area (Å²) < 4.78 is 7.28. The number of para-hydroxylation sites is 1. The lowest BCUT2D eigenvalue weighted by Gasteiger charge is -1.93. The second-order valence-corrected chi connectivity index (χ2v) is 4.83. The molecule has 1 aromatic carbocycles. The van der Waals surface area contributed by atoms with Gasteiger partial charge in [-0.3, -0.25) is 5.21 Å². The molecular formula is C12H11N2O2S+. The van der Waals surface area contributed by atoms with Gasteiger partial charge in [0, 0.05) is 17.9 Å². The largest absolute Gasteiger partial charge is 0.378 e. The summed E-state index contributed by atoms with van der Waals surface area (Å²) >= 11 is 1.60. The summed E-state index contributed by atoms with van der Waals surface area (Å²) in [5, 5.41) is 11.8. The summed E-state index contributed by atoms with van der Waals surface area (Å²) in [5.74, 6) is 0. The van der Waals surface area contributed by atoms with Crippen molar-refractivity contribution in [2.75, 3.05) is 7.11 Å². The zero-order valence-electron chi connectivity index (χ0n) is 9.25. The molecule has 0 fully saturated rings. The normalized spacial score (nSPS) is 11.4. The molecule has 0 spiro atoms. The third kappa shape index (κ3) is 1.64. The van der Waals surface area contributed by atoms with Gasteiger partial charge in [0.1, 0.15) is 5.01 Å². The average Bonchev–Trinajstić information content (AvgIpc) is 2.73. The summed E-state index contributed by atoms with van der Waals surface area (Å²) in [6.07, 6.45) is 1.63. The van der Waals surface area contributed by atoms with Gasteiger partial charge in [0.05, 0.1) is 16.7 Å². The first-order valence-corrected chi connectivity index (χ1v) is 6.02. The highest BCUT2D eigenvalue weighted by Gasteiger charge is 2.16. The molecule has 0 saturated heterocycles. The molecule has 2 aromatic heterocycles. The van der Waals surface area contributed by atoms with Crippen LogP contribution in [0.25, 0.3) is 21.1 Å². The molecule has 0 unspecified atom stereocenters. The predicted octanol–water partition coefficient (Wildman–Crippen LogP) is 2.12. The maximum Gasteiger partial charge on any atom is 0.266 e. The highest BCUT2D eigenvalue weighted by molar-refractivity contribution is 7.19. The number of hydrogen-bond acceptors (Lipinski definition) is 4. The Hall–Kier alpha value is -1.72. The van der Waals surface area contributed by atoms with E-state index >= 15 is 0 Å². The Morgan fingerprint density at radius 3 is 3.06 bits per heavy atom. The molecule has 1 N–H and O–H groups in total. The minimum atomic E-state index is 0.499. The topological polar surface area (TPSA) is 46.2 Å². The van der Waals surface area contributed by atoms with Crippen molar-refractivity contribution >= 4 is 32.5 Å². The van der Waals surface area contributed by atoms with E-state index in [1.165, 1.54) is 0 Å². The van der Waals surface area contributed by atoms with Crippen molar-refractivity contribution in [1.29, 1.82) is 0 Å². The number of aromatic nitrogens is 2. The average molecular weight is 247 g/mol. The van der Waals surface area contributed by atoms with Crippen LogP contribution in [0.1, 0.15) is 5.01 Å². The number of nitrogens with zero attached hydrogens (tertiary/aromatic N) is 2. The molecule has 2 heterocycles. The second kappa shape index (κ2) is 3.94. The lowest BCUT2D eigenvalue weighted by Crippen LogP contribution is -2.30. The highest BCUT2D eigenvalue weighted by atomic mass is 32.1. The summed E-state index contributed by atoms with van der Waals surface area (Å²) in [7, 11) is 1.65. The standard InChI is InChI=1S/C12H11N2O2S/c1-16-7-11-13-9-6-14(15)10-5-3-2-4-8(10)12(9)17-11/h2-6,15H,7H2,1H3/q+1. The van der Waals surface area contributed by atoms with E-state index < -0.39 is 0 Å². The number of thiazole rings is 1. The third-order valence-electron chi connectivity index (χ3n) is 2.61. The Kier molecular flexibility index (Phi) is 2.42. The van der Waals surface area contributed by atoms with Crippen LogP contribution in [0.15, 0.2) is 30.5 Å². The molecule has 4 nitrogen and oxygen atoms in total. The van der Waals surface area contributed by atoms with Gasteiger partial charge >= 0.3 is 0 Å². The van der Waals surface area contributed by atoms with Gasteiger partial charge in [-0.05, 0) is 6.07 Å². The maximum absolute atomic E-state index is 9.86. The fourth-order valence-corrected chi connectivity index (χ4v) is 2.94. The second-order valence-electron chi connectivity index (χ2n) is 3.75. The van der Waals surface area contributed by atoms with Crippen molar-refractivity contribution in [3.05, 3.63) is 35.5 Å². The molecule has 3 aromatic rings. The van der Waals surface area contributed by atoms with Crippen LogP contribution < -0.4 is 4.73 Å². The zero-order valence-corrected chi connectivity index (χ0v) is 10.1. The van der Waals surface area contributed by atoms with Crippen LogP contribution in [0.3, 0.4) is 0 Å². The van der Waals surface area contributed by atoms with Crippen molar-refractivity contribution < 1.29 is 14.7 Å². The van der Waals surface area contributed by atoms with Crippen molar-refractivity contribution in [2.24, 2.45) is 0 Å². The van der Waals surface area contributed by atoms with Crippen LogP contribution in [0.4, 0.5) is 0 Å². The van der Waals surface area contributed by atoms with E-state index in [9.17, 15) is 5.21 Å². The summed E-state index contributed by atoms with van der Waals surface area (Å²) in [4.78, 5) is 4.43. The van der Waals surface area contributed by atoms with Gasteiger partial charge < -0.3 is 4.74 Å². The van der Waals surface area contributed by atoms with E-state index in [-0.39, 0.29) is 0 Å². The van der Waals surface area contributed by atoms with E-state index in [1.807, 2.05) is 24.3 Å². The van der Waals surface area contributed by atoms with Crippen LogP contribution in [-0.4, -0.2) is 17.3 Å². The first-order chi connectivity index (χ1) is 8.29. The van der Waals surface area contributed by atoms with Gasteiger partial charge in [-0.25, -0.2) is 4.98 Å². The van der Waals surface area contributed by atoms with Crippen LogP contribution >= 0.6 is 11.3 Å². The van der Waals surface area contributed by atoms with E-state index in [4.69, 9.17) is 4.74 Å². The van der Waals surface area contributed by atoms with Gasteiger partial charge in [-0.15, -0.1) is 11.3 Å². The molecule has 0 aliphatic heterocycles. The lowest BCUT2D eigenvalue weighted by molar-refractivity contribution is -0.883. The van der Waals surface area contributed by atoms with Crippen molar-refractivity contribution in [2.45, 2.75) is 6.61 Å². The van der Waals surface area contributed by atoms with Crippen LogP contribution in [0.5, 0.6) is 0 Å². The number of benzene rings is 1.